The molecule has 0 spiro atoms. The van der Waals surface area contributed by atoms with Gasteiger partial charge in [0.05, 0.1) is 11.8 Å². The van der Waals surface area contributed by atoms with E-state index < -0.39 is 11.6 Å². The SMILES string of the molecule is CC1(C)c2[nH]c3ccccc3c2C[C@H]2C(=O)N(N=Cc3cccnc3)CC(=O)N21. The van der Waals surface area contributed by atoms with E-state index >= 15 is 0 Å². The standard InChI is InChI=1S/C22H21N5O2/c1-22(2)20-16(15-7-3-4-8-17(15)25-20)10-18-21(29)26(13-19(28)27(18)22)24-12-14-6-5-9-23-11-14/h3-9,11-12,18,25H,10,13H2,1-2H3/t18-/m0/s1. The van der Waals surface area contributed by atoms with Crippen LogP contribution in [0.5, 0.6) is 0 Å². The summed E-state index contributed by atoms with van der Waals surface area (Å²) >= 11 is 0. The van der Waals surface area contributed by atoms with Crippen LogP contribution in [0.15, 0.2) is 53.9 Å². The number of carbonyl (C=O) groups is 2. The van der Waals surface area contributed by atoms with E-state index in [0.29, 0.717) is 6.42 Å². The number of nitrogens with one attached hydrogen (secondary N) is 1. The van der Waals surface area contributed by atoms with Crippen molar-refractivity contribution in [2.75, 3.05) is 6.54 Å². The number of nitrogens with zero attached hydrogens (tertiary/aromatic N) is 4. The van der Waals surface area contributed by atoms with Crippen LogP contribution in [-0.4, -0.2) is 50.5 Å². The highest BCUT2D eigenvalue weighted by molar-refractivity contribution is 5.98. The molecular formula is C22H21N5O2. The first-order valence-corrected chi connectivity index (χ1v) is 9.64. The smallest absolute Gasteiger partial charge is 0.266 e. The number of hydrazone groups is 1. The third-order valence-electron chi connectivity index (χ3n) is 5.86. The summed E-state index contributed by atoms with van der Waals surface area (Å²) in [6.45, 7) is 3.92. The van der Waals surface area contributed by atoms with Crippen LogP contribution in [0, 0.1) is 0 Å². The summed E-state index contributed by atoms with van der Waals surface area (Å²) in [5.41, 5.74) is 3.30. The lowest BCUT2D eigenvalue weighted by Gasteiger charge is -2.50. The average Bonchev–Trinajstić information content (AvgIpc) is 3.10. The predicted octanol–water partition coefficient (Wildman–Crippen LogP) is 2.43. The minimum absolute atomic E-state index is 0.0644. The van der Waals surface area contributed by atoms with Crippen molar-refractivity contribution in [3.05, 3.63) is 65.6 Å². The second kappa shape index (κ2) is 6.27. The Bertz CT molecular complexity index is 1150. The quantitative estimate of drug-likeness (QED) is 0.686. The lowest BCUT2D eigenvalue weighted by Crippen LogP contribution is -2.66. The van der Waals surface area contributed by atoms with Gasteiger partial charge in [-0.15, -0.1) is 0 Å². The molecule has 1 N–H and O–H groups in total. The van der Waals surface area contributed by atoms with Crippen molar-refractivity contribution in [2.45, 2.75) is 31.8 Å². The van der Waals surface area contributed by atoms with E-state index in [9.17, 15) is 9.59 Å². The Hall–Kier alpha value is -3.48. The highest BCUT2D eigenvalue weighted by Crippen LogP contribution is 2.42. The molecule has 2 amide bonds. The lowest BCUT2D eigenvalue weighted by molar-refractivity contribution is -0.163. The molecule has 1 aromatic carbocycles. The molecule has 0 aliphatic carbocycles. The molecule has 0 unspecified atom stereocenters. The van der Waals surface area contributed by atoms with Crippen LogP contribution in [0.25, 0.3) is 10.9 Å². The van der Waals surface area contributed by atoms with Crippen LogP contribution < -0.4 is 0 Å². The van der Waals surface area contributed by atoms with Crippen molar-refractivity contribution in [1.82, 2.24) is 19.9 Å². The molecule has 2 aromatic heterocycles. The number of hydrogen-bond donors (Lipinski definition) is 1. The number of piperazine rings is 1. The Labute approximate surface area is 168 Å². The number of pyridine rings is 1. The highest BCUT2D eigenvalue weighted by atomic mass is 16.2. The first-order chi connectivity index (χ1) is 14.0. The topological polar surface area (TPSA) is 81.7 Å². The van der Waals surface area contributed by atoms with Gasteiger partial charge < -0.3 is 9.88 Å². The molecule has 2 aliphatic heterocycles. The van der Waals surface area contributed by atoms with Crippen LogP contribution in [0.3, 0.4) is 0 Å². The van der Waals surface area contributed by atoms with E-state index in [1.54, 1.807) is 29.6 Å². The van der Waals surface area contributed by atoms with Crippen molar-refractivity contribution in [2.24, 2.45) is 5.10 Å². The minimum atomic E-state index is -0.608. The van der Waals surface area contributed by atoms with Crippen LogP contribution in [0.2, 0.25) is 0 Å². The van der Waals surface area contributed by atoms with Gasteiger partial charge in [0.15, 0.2) is 0 Å². The molecule has 29 heavy (non-hydrogen) atoms. The number of aromatic nitrogens is 2. The van der Waals surface area contributed by atoms with E-state index in [-0.39, 0.29) is 18.4 Å². The maximum Gasteiger partial charge on any atom is 0.266 e. The summed E-state index contributed by atoms with van der Waals surface area (Å²) in [5, 5.41) is 6.68. The number of amides is 2. The Balaban J connectivity index is 1.54. The summed E-state index contributed by atoms with van der Waals surface area (Å²) < 4.78 is 0. The molecule has 4 heterocycles. The van der Waals surface area contributed by atoms with Crippen LogP contribution in [-0.2, 0) is 21.5 Å². The van der Waals surface area contributed by atoms with E-state index in [1.807, 2.05) is 38.1 Å². The Morgan fingerprint density at radius 3 is 2.83 bits per heavy atom. The fraction of sp³-hybridized carbons (Fsp3) is 0.273. The van der Waals surface area contributed by atoms with E-state index in [4.69, 9.17) is 0 Å². The van der Waals surface area contributed by atoms with E-state index in [0.717, 1.165) is 27.7 Å². The van der Waals surface area contributed by atoms with Gasteiger partial charge in [0.1, 0.15) is 12.6 Å². The van der Waals surface area contributed by atoms with Gasteiger partial charge in [-0.3, -0.25) is 14.6 Å². The van der Waals surface area contributed by atoms with Crippen LogP contribution in [0.1, 0.15) is 30.7 Å². The first-order valence-electron chi connectivity index (χ1n) is 9.64. The van der Waals surface area contributed by atoms with Crippen molar-refractivity contribution >= 4 is 28.9 Å². The molecule has 2 aliphatic rings. The first kappa shape index (κ1) is 17.6. The molecule has 0 radical (unpaired) electrons. The summed E-state index contributed by atoms with van der Waals surface area (Å²) in [5.74, 6) is -0.263. The molecular weight excluding hydrogens is 366 g/mol. The minimum Gasteiger partial charge on any atom is -0.356 e. The van der Waals surface area contributed by atoms with Gasteiger partial charge in [0.25, 0.3) is 5.91 Å². The number of fused-ring (bicyclic) bond motifs is 4. The molecule has 7 heteroatoms. The van der Waals surface area contributed by atoms with E-state index in [1.165, 1.54) is 5.01 Å². The lowest BCUT2D eigenvalue weighted by atomic mass is 9.82. The molecule has 1 fully saturated rings. The molecule has 7 nitrogen and oxygen atoms in total. The maximum atomic E-state index is 13.3. The van der Waals surface area contributed by atoms with Crippen LogP contribution in [0.4, 0.5) is 0 Å². The number of aromatic amines is 1. The number of hydrogen-bond acceptors (Lipinski definition) is 4. The number of carbonyl (C=O) groups excluding carboxylic acids is 2. The second-order valence-corrected chi connectivity index (χ2v) is 7.99. The van der Waals surface area contributed by atoms with Gasteiger partial charge in [0, 0.05) is 41.0 Å². The molecule has 0 bridgehead atoms. The fourth-order valence-electron chi connectivity index (χ4n) is 4.55. The van der Waals surface area contributed by atoms with E-state index in [2.05, 4.69) is 21.1 Å². The molecule has 1 saturated heterocycles. The van der Waals surface area contributed by atoms with Crippen molar-refractivity contribution < 1.29 is 9.59 Å². The fourth-order valence-corrected chi connectivity index (χ4v) is 4.55. The Morgan fingerprint density at radius 1 is 1.21 bits per heavy atom. The highest BCUT2D eigenvalue weighted by Gasteiger charge is 2.51. The zero-order valence-electron chi connectivity index (χ0n) is 16.3. The van der Waals surface area contributed by atoms with Gasteiger partial charge in [-0.2, -0.15) is 5.10 Å². The van der Waals surface area contributed by atoms with Gasteiger partial charge >= 0.3 is 0 Å². The number of H-pyrrole nitrogens is 1. The number of rotatable bonds is 2. The zero-order valence-corrected chi connectivity index (χ0v) is 16.3. The number of benzene rings is 1. The molecule has 1 atom stereocenters. The molecule has 5 rings (SSSR count). The normalized spacial score (nSPS) is 21.0. The van der Waals surface area contributed by atoms with Crippen molar-refractivity contribution in [1.29, 1.82) is 0 Å². The summed E-state index contributed by atoms with van der Waals surface area (Å²) in [7, 11) is 0. The number of para-hydroxylation sites is 1. The summed E-state index contributed by atoms with van der Waals surface area (Å²) in [4.78, 5) is 35.6. The van der Waals surface area contributed by atoms with Gasteiger partial charge in [-0.05, 0) is 31.5 Å². The second-order valence-electron chi connectivity index (χ2n) is 7.99. The zero-order chi connectivity index (χ0) is 20.2. The third-order valence-corrected chi connectivity index (χ3v) is 5.86. The predicted molar refractivity (Wildman–Crippen MR) is 109 cm³/mol. The Morgan fingerprint density at radius 2 is 2.03 bits per heavy atom. The summed E-state index contributed by atoms with van der Waals surface area (Å²) in [6, 6.07) is 11.1. The molecule has 0 saturated carbocycles. The Kier molecular flexibility index (Phi) is 3.81. The largest absolute Gasteiger partial charge is 0.356 e. The average molecular weight is 387 g/mol. The third kappa shape index (κ3) is 2.65. The van der Waals surface area contributed by atoms with Crippen molar-refractivity contribution in [3.8, 4) is 0 Å². The van der Waals surface area contributed by atoms with Gasteiger partial charge in [0.2, 0.25) is 5.91 Å². The summed E-state index contributed by atoms with van der Waals surface area (Å²) in [6.07, 6.45) is 5.38. The van der Waals surface area contributed by atoms with Crippen molar-refractivity contribution in [3.63, 3.8) is 0 Å². The monoisotopic (exact) mass is 387 g/mol. The molecule has 146 valence electrons. The van der Waals surface area contributed by atoms with Gasteiger partial charge in [-0.1, -0.05) is 24.3 Å². The van der Waals surface area contributed by atoms with Gasteiger partial charge in [-0.25, -0.2) is 5.01 Å². The van der Waals surface area contributed by atoms with Crippen LogP contribution >= 0.6 is 0 Å². The maximum absolute atomic E-state index is 13.3. The molecule has 3 aromatic rings.